The monoisotopic (exact) mass is 343 g/mol. The number of piperidine rings is 1. The summed E-state index contributed by atoms with van der Waals surface area (Å²) < 4.78 is 7.08. The lowest BCUT2D eigenvalue weighted by molar-refractivity contribution is 0.0662. The topological polar surface area (TPSA) is 72.3 Å². The summed E-state index contributed by atoms with van der Waals surface area (Å²) in [7, 11) is 1.66. The van der Waals surface area contributed by atoms with Crippen LogP contribution in [0.2, 0.25) is 0 Å². The van der Waals surface area contributed by atoms with Crippen molar-refractivity contribution in [1.82, 2.24) is 19.4 Å². The summed E-state index contributed by atoms with van der Waals surface area (Å²) in [6.07, 6.45) is 9.42. The number of aromatic nitrogens is 3. The highest BCUT2D eigenvalue weighted by molar-refractivity contribution is 5.94. The molecule has 7 nitrogen and oxygen atoms in total. The number of amides is 1. The first-order valence-electron chi connectivity index (χ1n) is 8.70. The second-order valence-corrected chi connectivity index (χ2v) is 6.37. The first-order valence-corrected chi connectivity index (χ1v) is 8.70. The molecule has 1 amide bonds. The van der Waals surface area contributed by atoms with Gasteiger partial charge in [-0.2, -0.15) is 0 Å². The standard InChI is InChI=1S/C18H25N5O2/c1-25-10-7-20-17-5-4-16(11-21-17)18(24)23-8-2-3-15(13-23)12-22-9-6-19-14-22/h4-6,9,11,14-15H,2-3,7-8,10,12-13H2,1H3,(H,20,21)/t15-/m1/s1. The van der Waals surface area contributed by atoms with Gasteiger partial charge < -0.3 is 19.5 Å². The lowest BCUT2D eigenvalue weighted by atomic mass is 9.97. The number of pyridine rings is 1. The number of rotatable bonds is 7. The molecule has 0 bridgehead atoms. The Kier molecular flexibility index (Phi) is 6.00. The number of hydrogen-bond donors (Lipinski definition) is 1. The molecule has 0 radical (unpaired) electrons. The number of likely N-dealkylation sites (tertiary alicyclic amines) is 1. The minimum Gasteiger partial charge on any atom is -0.383 e. The van der Waals surface area contributed by atoms with E-state index < -0.39 is 0 Å². The highest BCUT2D eigenvalue weighted by atomic mass is 16.5. The molecule has 1 fully saturated rings. The normalized spacial score (nSPS) is 17.5. The number of nitrogens with zero attached hydrogens (tertiary/aromatic N) is 4. The van der Waals surface area contributed by atoms with Crippen molar-refractivity contribution in [2.24, 2.45) is 5.92 Å². The summed E-state index contributed by atoms with van der Waals surface area (Å²) >= 11 is 0. The lowest BCUT2D eigenvalue weighted by Crippen LogP contribution is -2.41. The molecule has 3 rings (SSSR count). The maximum Gasteiger partial charge on any atom is 0.255 e. The van der Waals surface area contributed by atoms with Crippen molar-refractivity contribution in [2.45, 2.75) is 19.4 Å². The van der Waals surface area contributed by atoms with Crippen LogP contribution in [0.1, 0.15) is 23.2 Å². The minimum absolute atomic E-state index is 0.0614. The van der Waals surface area contributed by atoms with Crippen LogP contribution in [-0.4, -0.2) is 58.7 Å². The van der Waals surface area contributed by atoms with Crippen LogP contribution in [0.5, 0.6) is 0 Å². The molecule has 25 heavy (non-hydrogen) atoms. The van der Waals surface area contributed by atoms with Crippen molar-refractivity contribution in [3.63, 3.8) is 0 Å². The maximum atomic E-state index is 12.7. The molecule has 2 aromatic rings. The molecular formula is C18H25N5O2. The third-order valence-electron chi connectivity index (χ3n) is 4.46. The van der Waals surface area contributed by atoms with Crippen LogP contribution in [0.4, 0.5) is 5.82 Å². The number of nitrogens with one attached hydrogen (secondary N) is 1. The van der Waals surface area contributed by atoms with Crippen LogP contribution < -0.4 is 5.32 Å². The van der Waals surface area contributed by atoms with E-state index in [0.717, 1.165) is 38.3 Å². The highest BCUT2D eigenvalue weighted by Crippen LogP contribution is 2.20. The fourth-order valence-electron chi connectivity index (χ4n) is 3.18. The van der Waals surface area contributed by atoms with Crippen molar-refractivity contribution in [3.05, 3.63) is 42.6 Å². The smallest absolute Gasteiger partial charge is 0.255 e. The van der Waals surface area contributed by atoms with Crippen LogP contribution in [0.25, 0.3) is 0 Å². The van der Waals surface area contributed by atoms with Gasteiger partial charge in [0.2, 0.25) is 0 Å². The molecule has 0 aliphatic carbocycles. The van der Waals surface area contributed by atoms with Crippen LogP contribution in [0, 0.1) is 5.92 Å². The number of ether oxygens (including phenoxy) is 1. The Morgan fingerprint density at radius 3 is 3.08 bits per heavy atom. The maximum absolute atomic E-state index is 12.7. The summed E-state index contributed by atoms with van der Waals surface area (Å²) in [6, 6.07) is 3.68. The summed E-state index contributed by atoms with van der Waals surface area (Å²) in [5.74, 6) is 1.28. The molecule has 2 aromatic heterocycles. The van der Waals surface area contributed by atoms with E-state index in [2.05, 4.69) is 19.9 Å². The quantitative estimate of drug-likeness (QED) is 0.777. The molecule has 1 saturated heterocycles. The van der Waals surface area contributed by atoms with Gasteiger partial charge in [0.15, 0.2) is 0 Å². The lowest BCUT2D eigenvalue weighted by Gasteiger charge is -2.33. The Morgan fingerprint density at radius 2 is 2.36 bits per heavy atom. The average molecular weight is 343 g/mol. The number of carbonyl (C=O) groups is 1. The van der Waals surface area contributed by atoms with E-state index in [1.54, 1.807) is 19.5 Å². The van der Waals surface area contributed by atoms with Crippen molar-refractivity contribution < 1.29 is 9.53 Å². The van der Waals surface area contributed by atoms with Gasteiger partial charge in [-0.1, -0.05) is 0 Å². The molecule has 1 atom stereocenters. The Hall–Kier alpha value is -2.41. The Labute approximate surface area is 148 Å². The SMILES string of the molecule is COCCNc1ccc(C(=O)N2CCC[C@H](Cn3ccnc3)C2)cn1. The van der Waals surface area contributed by atoms with Crippen LogP contribution in [-0.2, 0) is 11.3 Å². The first-order chi connectivity index (χ1) is 12.3. The molecule has 7 heteroatoms. The third-order valence-corrected chi connectivity index (χ3v) is 4.46. The number of anilines is 1. The number of imidazole rings is 1. The van der Waals surface area contributed by atoms with Crippen molar-refractivity contribution >= 4 is 11.7 Å². The van der Waals surface area contributed by atoms with Crippen molar-refractivity contribution in [3.8, 4) is 0 Å². The molecule has 0 unspecified atom stereocenters. The molecule has 1 aliphatic heterocycles. The first kappa shape index (κ1) is 17.4. The predicted octanol–water partition coefficient (Wildman–Crippen LogP) is 1.89. The Bertz CT molecular complexity index is 657. The van der Waals surface area contributed by atoms with Gasteiger partial charge in [0.25, 0.3) is 5.91 Å². The summed E-state index contributed by atoms with van der Waals surface area (Å²) in [6.45, 7) is 3.82. The van der Waals surface area contributed by atoms with E-state index in [1.807, 2.05) is 29.6 Å². The van der Waals surface area contributed by atoms with Gasteiger partial charge >= 0.3 is 0 Å². The third kappa shape index (κ3) is 4.79. The summed E-state index contributed by atoms with van der Waals surface area (Å²) in [5, 5.41) is 3.15. The van der Waals surface area contributed by atoms with Gasteiger partial charge in [-0.25, -0.2) is 9.97 Å². The Morgan fingerprint density at radius 1 is 1.44 bits per heavy atom. The zero-order chi connectivity index (χ0) is 17.5. The van der Waals surface area contributed by atoms with Gasteiger partial charge in [-0.05, 0) is 30.9 Å². The zero-order valence-electron chi connectivity index (χ0n) is 14.6. The van der Waals surface area contributed by atoms with Gasteiger partial charge in [0.05, 0.1) is 18.5 Å². The molecule has 0 saturated carbocycles. The van der Waals surface area contributed by atoms with E-state index in [9.17, 15) is 4.79 Å². The van der Waals surface area contributed by atoms with E-state index in [4.69, 9.17) is 4.74 Å². The molecule has 3 heterocycles. The zero-order valence-corrected chi connectivity index (χ0v) is 14.6. The van der Waals surface area contributed by atoms with Crippen LogP contribution in [0.15, 0.2) is 37.1 Å². The van der Waals surface area contributed by atoms with E-state index in [-0.39, 0.29) is 5.91 Å². The van der Waals surface area contributed by atoms with E-state index >= 15 is 0 Å². The summed E-state index contributed by atoms with van der Waals surface area (Å²) in [5.41, 5.74) is 0.639. The van der Waals surface area contributed by atoms with Crippen LogP contribution >= 0.6 is 0 Å². The predicted molar refractivity (Wildman–Crippen MR) is 95.5 cm³/mol. The van der Waals surface area contributed by atoms with Crippen molar-refractivity contribution in [2.75, 3.05) is 38.7 Å². The second-order valence-electron chi connectivity index (χ2n) is 6.37. The highest BCUT2D eigenvalue weighted by Gasteiger charge is 2.24. The van der Waals surface area contributed by atoms with Crippen LogP contribution in [0.3, 0.4) is 0 Å². The largest absolute Gasteiger partial charge is 0.383 e. The summed E-state index contributed by atoms with van der Waals surface area (Å²) in [4.78, 5) is 23.1. The molecular weight excluding hydrogens is 318 g/mol. The number of carbonyl (C=O) groups excluding carboxylic acids is 1. The minimum atomic E-state index is 0.0614. The molecule has 134 valence electrons. The van der Waals surface area contributed by atoms with Crippen molar-refractivity contribution in [1.29, 1.82) is 0 Å². The molecule has 1 aliphatic rings. The molecule has 1 N–H and O–H groups in total. The average Bonchev–Trinajstić information content (AvgIpc) is 3.15. The van der Waals surface area contributed by atoms with E-state index in [0.29, 0.717) is 24.6 Å². The number of methoxy groups -OCH3 is 1. The Balaban J connectivity index is 1.56. The second kappa shape index (κ2) is 8.62. The van der Waals surface area contributed by atoms with Gasteiger partial charge in [-0.15, -0.1) is 0 Å². The van der Waals surface area contributed by atoms with Gasteiger partial charge in [0, 0.05) is 51.9 Å². The fraction of sp³-hybridized carbons (Fsp3) is 0.500. The molecule has 0 aromatic carbocycles. The molecule has 0 spiro atoms. The fourth-order valence-corrected chi connectivity index (χ4v) is 3.18. The number of hydrogen-bond acceptors (Lipinski definition) is 5. The van der Waals surface area contributed by atoms with E-state index in [1.165, 1.54) is 0 Å². The van der Waals surface area contributed by atoms with Gasteiger partial charge in [-0.3, -0.25) is 4.79 Å². The van der Waals surface area contributed by atoms with Gasteiger partial charge in [0.1, 0.15) is 5.82 Å².